The van der Waals surface area contributed by atoms with Gasteiger partial charge < -0.3 is 4.74 Å². The Hall–Kier alpha value is -1.57. The maximum atomic E-state index is 12.2. The fourth-order valence-corrected chi connectivity index (χ4v) is 4.40. The second-order valence-corrected chi connectivity index (χ2v) is 7.41. The molecule has 3 aromatic rings. The van der Waals surface area contributed by atoms with Crippen molar-refractivity contribution in [1.82, 2.24) is 9.97 Å². The van der Waals surface area contributed by atoms with E-state index in [0.717, 1.165) is 26.8 Å². The number of hydrogen-bond donors (Lipinski definition) is 0. The number of ether oxygens (including phenoxy) is 1. The van der Waals surface area contributed by atoms with E-state index >= 15 is 0 Å². The largest absolute Gasteiger partial charge is 0.461 e. The van der Waals surface area contributed by atoms with E-state index in [4.69, 9.17) is 4.74 Å². The second kappa shape index (κ2) is 6.68. The summed E-state index contributed by atoms with van der Waals surface area (Å²) in [6, 6.07) is 2.00. The van der Waals surface area contributed by atoms with Crippen LogP contribution in [0.15, 0.2) is 22.3 Å². The molecule has 0 aliphatic heterocycles. The fourth-order valence-electron chi connectivity index (χ4n) is 1.96. The number of rotatable bonds is 5. The summed E-state index contributed by atoms with van der Waals surface area (Å²) in [5, 5.41) is 4.89. The first-order chi connectivity index (χ1) is 10.6. The third-order valence-corrected chi connectivity index (χ3v) is 6.02. The molecule has 0 N–H and O–H groups in total. The highest BCUT2D eigenvalue weighted by atomic mass is 32.1. The number of hydrogen-bond acceptors (Lipinski definition) is 7. The Balaban J connectivity index is 1.64. The van der Waals surface area contributed by atoms with Crippen LogP contribution in [0, 0.1) is 13.8 Å². The Morgan fingerprint density at radius 1 is 1.32 bits per heavy atom. The molecule has 22 heavy (non-hydrogen) atoms. The number of thiazole rings is 2. The van der Waals surface area contributed by atoms with Crippen molar-refractivity contribution in [3.8, 4) is 10.6 Å². The van der Waals surface area contributed by atoms with Crippen LogP contribution in [0.2, 0.25) is 0 Å². The molecule has 0 atom stereocenters. The molecule has 0 spiro atoms. The van der Waals surface area contributed by atoms with Gasteiger partial charge in [0.15, 0.2) is 0 Å². The van der Waals surface area contributed by atoms with Crippen LogP contribution in [0.3, 0.4) is 0 Å². The zero-order valence-corrected chi connectivity index (χ0v) is 14.6. The Bertz CT molecular complexity index is 775. The van der Waals surface area contributed by atoms with E-state index in [1.807, 2.05) is 36.2 Å². The molecule has 0 aliphatic carbocycles. The van der Waals surface area contributed by atoms with Crippen LogP contribution in [-0.4, -0.2) is 22.5 Å². The maximum Gasteiger partial charge on any atom is 0.350 e. The van der Waals surface area contributed by atoms with Crippen molar-refractivity contribution in [2.24, 2.45) is 0 Å². The van der Waals surface area contributed by atoms with Gasteiger partial charge in [0.25, 0.3) is 0 Å². The minimum Gasteiger partial charge on any atom is -0.461 e. The molecular weight excluding hydrogens is 336 g/mol. The summed E-state index contributed by atoms with van der Waals surface area (Å²) in [7, 11) is 0. The van der Waals surface area contributed by atoms with E-state index < -0.39 is 0 Å². The normalized spacial score (nSPS) is 10.8. The van der Waals surface area contributed by atoms with Crippen LogP contribution >= 0.6 is 34.0 Å². The molecule has 0 amide bonds. The number of esters is 1. The molecule has 0 radical (unpaired) electrons. The topological polar surface area (TPSA) is 52.1 Å². The van der Waals surface area contributed by atoms with Crippen molar-refractivity contribution < 1.29 is 9.53 Å². The van der Waals surface area contributed by atoms with E-state index in [9.17, 15) is 4.79 Å². The molecule has 3 aromatic heterocycles. The molecule has 3 rings (SSSR count). The number of aryl methyl sites for hydroxylation is 2. The zero-order valence-electron chi connectivity index (χ0n) is 12.2. The molecule has 7 heteroatoms. The third kappa shape index (κ3) is 3.26. The van der Waals surface area contributed by atoms with Crippen LogP contribution in [0.25, 0.3) is 10.6 Å². The molecule has 0 bridgehead atoms. The van der Waals surface area contributed by atoms with Gasteiger partial charge in [-0.15, -0.1) is 22.7 Å². The lowest BCUT2D eigenvalue weighted by atomic mass is 10.3. The lowest BCUT2D eigenvalue weighted by molar-refractivity contribution is 0.0514. The van der Waals surface area contributed by atoms with Gasteiger partial charge in [-0.2, -0.15) is 11.3 Å². The van der Waals surface area contributed by atoms with Gasteiger partial charge in [0.1, 0.15) is 9.88 Å². The van der Waals surface area contributed by atoms with Crippen molar-refractivity contribution >= 4 is 40.0 Å². The summed E-state index contributed by atoms with van der Waals surface area (Å²) in [5.41, 5.74) is 4.60. The first-order valence-electron chi connectivity index (χ1n) is 6.71. The monoisotopic (exact) mass is 350 g/mol. The van der Waals surface area contributed by atoms with E-state index in [1.54, 1.807) is 22.7 Å². The Morgan fingerprint density at radius 3 is 2.86 bits per heavy atom. The number of thiophene rings is 1. The van der Waals surface area contributed by atoms with Crippen LogP contribution in [0.5, 0.6) is 0 Å². The van der Waals surface area contributed by atoms with Gasteiger partial charge in [0.05, 0.1) is 23.5 Å². The molecule has 3 heterocycles. The first-order valence-corrected chi connectivity index (χ1v) is 9.35. The molecule has 0 unspecified atom stereocenters. The fraction of sp³-hybridized carbons (Fsp3) is 0.267. The molecular formula is C15H14N2O2S3. The highest BCUT2D eigenvalue weighted by molar-refractivity contribution is 7.17. The minimum atomic E-state index is -0.293. The molecule has 0 saturated heterocycles. The van der Waals surface area contributed by atoms with Crippen LogP contribution in [0.4, 0.5) is 0 Å². The number of carbonyl (C=O) groups excluding carboxylic acids is 1. The van der Waals surface area contributed by atoms with Crippen LogP contribution < -0.4 is 0 Å². The SMILES string of the molecule is Cc1ncsc1CCOC(=O)c1sc(-c2ccsc2)nc1C. The average molecular weight is 350 g/mol. The Labute approximate surface area is 140 Å². The number of aromatic nitrogens is 2. The second-order valence-electron chi connectivity index (χ2n) is 4.69. The van der Waals surface area contributed by atoms with Gasteiger partial charge in [0, 0.05) is 22.2 Å². The summed E-state index contributed by atoms with van der Waals surface area (Å²) in [6.45, 7) is 4.18. The number of carbonyl (C=O) groups is 1. The lowest BCUT2D eigenvalue weighted by Crippen LogP contribution is -2.07. The molecule has 114 valence electrons. The molecule has 4 nitrogen and oxygen atoms in total. The minimum absolute atomic E-state index is 0.293. The van der Waals surface area contributed by atoms with Gasteiger partial charge in [0.2, 0.25) is 0 Å². The summed E-state index contributed by atoms with van der Waals surface area (Å²) in [4.78, 5) is 22.6. The molecule has 0 saturated carbocycles. The molecule has 0 aromatic carbocycles. The predicted molar refractivity (Wildman–Crippen MR) is 91.0 cm³/mol. The molecule has 0 aliphatic rings. The van der Waals surface area contributed by atoms with Crippen molar-refractivity contribution in [2.75, 3.05) is 6.61 Å². The van der Waals surface area contributed by atoms with E-state index in [2.05, 4.69) is 9.97 Å². The third-order valence-electron chi connectivity index (χ3n) is 3.16. The smallest absolute Gasteiger partial charge is 0.350 e. The van der Waals surface area contributed by atoms with Crippen molar-refractivity contribution in [1.29, 1.82) is 0 Å². The number of nitrogens with zero attached hydrogens (tertiary/aromatic N) is 2. The van der Waals surface area contributed by atoms with Crippen molar-refractivity contribution in [2.45, 2.75) is 20.3 Å². The van der Waals surface area contributed by atoms with E-state index in [0.29, 0.717) is 17.9 Å². The van der Waals surface area contributed by atoms with Crippen LogP contribution in [0.1, 0.15) is 25.9 Å². The average Bonchev–Trinajstić information content (AvgIpc) is 3.20. The summed E-state index contributed by atoms with van der Waals surface area (Å²) in [6.07, 6.45) is 0.706. The van der Waals surface area contributed by atoms with Gasteiger partial charge in [-0.3, -0.25) is 0 Å². The van der Waals surface area contributed by atoms with Gasteiger partial charge in [-0.05, 0) is 25.3 Å². The van der Waals surface area contributed by atoms with Crippen LogP contribution in [-0.2, 0) is 11.2 Å². The first kappa shape index (κ1) is 15.3. The van der Waals surface area contributed by atoms with Crippen molar-refractivity contribution in [3.05, 3.63) is 43.5 Å². The van der Waals surface area contributed by atoms with Gasteiger partial charge in [-0.1, -0.05) is 0 Å². The Kier molecular flexibility index (Phi) is 4.66. The highest BCUT2D eigenvalue weighted by Crippen LogP contribution is 2.29. The van der Waals surface area contributed by atoms with E-state index in [-0.39, 0.29) is 5.97 Å². The van der Waals surface area contributed by atoms with Gasteiger partial charge >= 0.3 is 5.97 Å². The van der Waals surface area contributed by atoms with E-state index in [1.165, 1.54) is 11.3 Å². The zero-order chi connectivity index (χ0) is 15.5. The standard InChI is InChI=1S/C15H14N2O2S3/c1-9-12(21-8-16-9)3-5-19-15(18)13-10(2)17-14(22-13)11-4-6-20-7-11/h4,6-8H,3,5H2,1-2H3. The lowest BCUT2D eigenvalue weighted by Gasteiger charge is -2.02. The Morgan fingerprint density at radius 2 is 2.18 bits per heavy atom. The highest BCUT2D eigenvalue weighted by Gasteiger charge is 2.18. The summed E-state index contributed by atoms with van der Waals surface area (Å²) >= 11 is 4.60. The summed E-state index contributed by atoms with van der Waals surface area (Å²) < 4.78 is 5.38. The van der Waals surface area contributed by atoms with Gasteiger partial charge in [-0.25, -0.2) is 14.8 Å². The van der Waals surface area contributed by atoms with Crippen molar-refractivity contribution in [3.63, 3.8) is 0 Å². The maximum absolute atomic E-state index is 12.2. The summed E-state index contributed by atoms with van der Waals surface area (Å²) in [5.74, 6) is -0.293. The predicted octanol–water partition coefficient (Wildman–Crippen LogP) is 4.34. The quantitative estimate of drug-likeness (QED) is 0.642. The molecule has 0 fully saturated rings.